The molecule has 0 saturated carbocycles. The molecule has 1 unspecified atom stereocenters. The molecule has 21 heavy (non-hydrogen) atoms. The number of nitrogens with one attached hydrogen (secondary N) is 1. The highest BCUT2D eigenvalue weighted by atomic mass is 32.1. The van der Waals surface area contributed by atoms with Crippen LogP contribution in [0.4, 0.5) is 5.69 Å². The molecule has 0 spiro atoms. The molecule has 0 radical (unpaired) electrons. The van der Waals surface area contributed by atoms with E-state index >= 15 is 0 Å². The molecule has 0 bridgehead atoms. The predicted octanol–water partition coefficient (Wildman–Crippen LogP) is 2.81. The summed E-state index contributed by atoms with van der Waals surface area (Å²) in [5, 5.41) is 5.62. The maximum absolute atomic E-state index is 3.45. The topological polar surface area (TPSA) is 18.5 Å². The van der Waals surface area contributed by atoms with Gasteiger partial charge < -0.3 is 10.2 Å². The fraction of sp³-hybridized carbons (Fsp3) is 0.412. The zero-order valence-electron chi connectivity index (χ0n) is 12.7. The lowest BCUT2D eigenvalue weighted by Crippen LogP contribution is -2.45. The number of benzene rings is 1. The number of nitrogens with zero attached hydrogens (tertiary/aromatic N) is 2. The van der Waals surface area contributed by atoms with Gasteiger partial charge in [-0.3, -0.25) is 4.90 Å². The second-order valence-corrected chi connectivity index (χ2v) is 6.67. The molecule has 4 heteroatoms. The summed E-state index contributed by atoms with van der Waals surface area (Å²) in [5.41, 5.74) is 2.65. The van der Waals surface area contributed by atoms with E-state index in [1.807, 2.05) is 11.3 Å². The summed E-state index contributed by atoms with van der Waals surface area (Å²) in [5.74, 6) is 0. The fourth-order valence-electron chi connectivity index (χ4n) is 2.90. The quantitative estimate of drug-likeness (QED) is 0.937. The average molecular weight is 301 g/mol. The molecule has 0 aliphatic carbocycles. The van der Waals surface area contributed by atoms with Gasteiger partial charge in [0, 0.05) is 50.8 Å². The highest BCUT2D eigenvalue weighted by molar-refractivity contribution is 7.10. The van der Waals surface area contributed by atoms with Crippen LogP contribution in [0.3, 0.4) is 0 Å². The Labute approximate surface area is 131 Å². The third-order valence-electron chi connectivity index (χ3n) is 4.05. The predicted molar refractivity (Wildman–Crippen MR) is 91.4 cm³/mol. The van der Waals surface area contributed by atoms with Crippen molar-refractivity contribution in [1.82, 2.24) is 10.2 Å². The van der Waals surface area contributed by atoms with Crippen LogP contribution in [-0.2, 0) is 0 Å². The van der Waals surface area contributed by atoms with E-state index in [4.69, 9.17) is 0 Å². The maximum atomic E-state index is 3.45. The summed E-state index contributed by atoms with van der Waals surface area (Å²) in [7, 11) is 4.17. The molecule has 3 nitrogen and oxygen atoms in total. The Morgan fingerprint density at radius 2 is 1.81 bits per heavy atom. The van der Waals surface area contributed by atoms with Crippen LogP contribution >= 0.6 is 11.3 Å². The number of thiophene rings is 1. The van der Waals surface area contributed by atoms with Crippen molar-refractivity contribution in [3.8, 4) is 0 Å². The lowest BCUT2D eigenvalue weighted by Gasteiger charge is -2.35. The number of rotatable bonds is 4. The molecule has 2 heterocycles. The molecule has 1 aromatic carbocycles. The van der Waals surface area contributed by atoms with E-state index in [1.165, 1.54) is 16.1 Å². The fourth-order valence-corrected chi connectivity index (χ4v) is 3.78. The highest BCUT2D eigenvalue weighted by Gasteiger charge is 2.24. The summed E-state index contributed by atoms with van der Waals surface area (Å²) >= 11 is 1.86. The minimum atomic E-state index is 0.392. The molecule has 1 aliphatic heterocycles. The van der Waals surface area contributed by atoms with Gasteiger partial charge in [-0.05, 0) is 29.1 Å². The van der Waals surface area contributed by atoms with E-state index in [9.17, 15) is 0 Å². The van der Waals surface area contributed by atoms with Crippen LogP contribution in [0.25, 0.3) is 0 Å². The first-order chi connectivity index (χ1) is 10.3. The van der Waals surface area contributed by atoms with Gasteiger partial charge in [-0.15, -0.1) is 11.3 Å². The van der Waals surface area contributed by atoms with Crippen molar-refractivity contribution in [3.05, 3.63) is 52.2 Å². The van der Waals surface area contributed by atoms with Crippen LogP contribution in [0.5, 0.6) is 0 Å². The average Bonchev–Trinajstić information content (AvgIpc) is 3.03. The van der Waals surface area contributed by atoms with Gasteiger partial charge in [0.15, 0.2) is 0 Å². The van der Waals surface area contributed by atoms with Gasteiger partial charge in [0.05, 0.1) is 6.04 Å². The van der Waals surface area contributed by atoms with E-state index in [-0.39, 0.29) is 0 Å². The van der Waals surface area contributed by atoms with E-state index < -0.39 is 0 Å². The lowest BCUT2D eigenvalue weighted by molar-refractivity contribution is 0.200. The van der Waals surface area contributed by atoms with E-state index in [2.05, 4.69) is 71.0 Å². The van der Waals surface area contributed by atoms with Gasteiger partial charge in [-0.1, -0.05) is 18.2 Å². The second-order valence-electron chi connectivity index (χ2n) is 5.69. The molecule has 1 aliphatic rings. The third-order valence-corrected chi connectivity index (χ3v) is 4.98. The molecule has 1 aromatic heterocycles. The zero-order chi connectivity index (χ0) is 14.7. The lowest BCUT2D eigenvalue weighted by atomic mass is 10.0. The van der Waals surface area contributed by atoms with Gasteiger partial charge in [-0.25, -0.2) is 0 Å². The van der Waals surface area contributed by atoms with Crippen molar-refractivity contribution in [2.45, 2.75) is 6.04 Å². The van der Waals surface area contributed by atoms with Gasteiger partial charge in [0.2, 0.25) is 0 Å². The van der Waals surface area contributed by atoms with Crippen LogP contribution in [0, 0.1) is 0 Å². The van der Waals surface area contributed by atoms with Crippen LogP contribution in [0.15, 0.2) is 41.8 Å². The van der Waals surface area contributed by atoms with Crippen molar-refractivity contribution < 1.29 is 0 Å². The molecule has 2 aromatic rings. The maximum Gasteiger partial charge on any atom is 0.0696 e. The summed E-state index contributed by atoms with van der Waals surface area (Å²) in [6.45, 7) is 4.38. The number of piperazine rings is 1. The van der Waals surface area contributed by atoms with Crippen molar-refractivity contribution >= 4 is 17.0 Å². The van der Waals surface area contributed by atoms with Crippen LogP contribution in [-0.4, -0.2) is 45.2 Å². The third kappa shape index (κ3) is 3.28. The van der Waals surface area contributed by atoms with Gasteiger partial charge >= 0.3 is 0 Å². The minimum Gasteiger partial charge on any atom is -0.378 e. The Morgan fingerprint density at radius 1 is 1.10 bits per heavy atom. The molecular formula is C17H23N3S. The first-order valence-electron chi connectivity index (χ1n) is 7.51. The zero-order valence-corrected chi connectivity index (χ0v) is 13.6. The van der Waals surface area contributed by atoms with E-state index in [0.29, 0.717) is 6.04 Å². The Hall–Kier alpha value is -1.36. The van der Waals surface area contributed by atoms with Gasteiger partial charge in [0.1, 0.15) is 0 Å². The Morgan fingerprint density at radius 3 is 2.38 bits per heavy atom. The van der Waals surface area contributed by atoms with Crippen LogP contribution in [0.1, 0.15) is 16.5 Å². The Kier molecular flexibility index (Phi) is 4.58. The van der Waals surface area contributed by atoms with Crippen LogP contribution in [0.2, 0.25) is 0 Å². The van der Waals surface area contributed by atoms with Crippen LogP contribution < -0.4 is 10.2 Å². The largest absolute Gasteiger partial charge is 0.378 e. The monoisotopic (exact) mass is 301 g/mol. The number of anilines is 1. The van der Waals surface area contributed by atoms with Crippen molar-refractivity contribution in [2.24, 2.45) is 0 Å². The Balaban J connectivity index is 1.91. The molecule has 112 valence electrons. The standard InChI is InChI=1S/C17H23N3S/c1-19(2)15-7-5-14(6-8-15)17(16-4-3-13-21-16)20-11-9-18-10-12-20/h3-8,13,17-18H,9-12H2,1-2H3. The Bertz CT molecular complexity index is 542. The normalized spacial score (nSPS) is 17.6. The minimum absolute atomic E-state index is 0.392. The van der Waals surface area contributed by atoms with Gasteiger partial charge in [-0.2, -0.15) is 0 Å². The summed E-state index contributed by atoms with van der Waals surface area (Å²) in [4.78, 5) is 6.18. The molecular weight excluding hydrogens is 278 g/mol. The molecule has 1 fully saturated rings. The molecule has 1 atom stereocenters. The van der Waals surface area contributed by atoms with E-state index in [1.54, 1.807) is 0 Å². The summed E-state index contributed by atoms with van der Waals surface area (Å²) in [6.07, 6.45) is 0. The van der Waals surface area contributed by atoms with Gasteiger partial charge in [0.25, 0.3) is 0 Å². The van der Waals surface area contributed by atoms with Crippen molar-refractivity contribution in [2.75, 3.05) is 45.2 Å². The summed E-state index contributed by atoms with van der Waals surface area (Å²) in [6, 6.07) is 13.8. The first kappa shape index (κ1) is 14.6. The molecule has 1 saturated heterocycles. The number of hydrogen-bond acceptors (Lipinski definition) is 4. The SMILES string of the molecule is CN(C)c1ccc(C(c2cccs2)N2CCNCC2)cc1. The summed E-state index contributed by atoms with van der Waals surface area (Å²) < 4.78 is 0. The molecule has 3 rings (SSSR count). The van der Waals surface area contributed by atoms with E-state index in [0.717, 1.165) is 26.2 Å². The van der Waals surface area contributed by atoms with Crippen molar-refractivity contribution in [1.29, 1.82) is 0 Å². The van der Waals surface area contributed by atoms with Crippen molar-refractivity contribution in [3.63, 3.8) is 0 Å². The first-order valence-corrected chi connectivity index (χ1v) is 8.39. The highest BCUT2D eigenvalue weighted by Crippen LogP contribution is 2.32. The molecule has 0 amide bonds. The smallest absolute Gasteiger partial charge is 0.0696 e. The second kappa shape index (κ2) is 6.60. The molecule has 1 N–H and O–H groups in total. The number of hydrogen-bond donors (Lipinski definition) is 1.